The zero-order valence-corrected chi connectivity index (χ0v) is 28.9. The Balaban J connectivity index is 1.40. The fourth-order valence-corrected chi connectivity index (χ4v) is 7.18. The number of benzene rings is 3. The van der Waals surface area contributed by atoms with Crippen molar-refractivity contribution in [2.24, 2.45) is 0 Å². The Morgan fingerprint density at radius 1 is 1.02 bits per heavy atom. The van der Waals surface area contributed by atoms with Crippen LogP contribution in [-0.2, 0) is 43.2 Å². The fourth-order valence-electron chi connectivity index (χ4n) is 7.18. The van der Waals surface area contributed by atoms with Crippen LogP contribution < -0.4 is 9.80 Å². The van der Waals surface area contributed by atoms with Crippen LogP contribution in [0.25, 0.3) is 27.8 Å². The average molecular weight is 712 g/mol. The summed E-state index contributed by atoms with van der Waals surface area (Å²) >= 11 is 0. The van der Waals surface area contributed by atoms with Gasteiger partial charge in [-0.1, -0.05) is 62.4 Å². The first-order valence-electron chi connectivity index (χ1n) is 17.2. The van der Waals surface area contributed by atoms with Gasteiger partial charge in [-0.2, -0.15) is 18.3 Å². The van der Waals surface area contributed by atoms with E-state index in [9.17, 15) is 23.1 Å². The third-order valence-corrected chi connectivity index (χ3v) is 9.88. The molecule has 1 aliphatic heterocycles. The van der Waals surface area contributed by atoms with Gasteiger partial charge in [-0.05, 0) is 35.6 Å². The molecule has 6 aromatic rings. The molecule has 268 valence electrons. The van der Waals surface area contributed by atoms with Gasteiger partial charge in [0.05, 0.1) is 33.8 Å². The SMILES string of the molecule is CCc1cccc(CC)c1-n1nc2c(c1-c1c(F)cc(N(C)[C@@H](Cc3ccccc3)C(=O)O)c3[nH]ccc13)CN(c1ncc(C(F)(F)F)cn1)CC2. The standard InChI is InChI=1S/C39H37F4N7O2/c1-4-24-12-9-13-25(5-2)35(24)50-36(28-22-49(17-15-30(28)47-50)38-45-20-26(21-46-38)39(41,42)43)33-27-14-16-44-34(27)31(19-29(33)40)48(3)32(37(51)52)18-23-10-7-6-8-11-23/h6-14,16,19-21,32,44H,4-5,15,17-18,22H2,1-3H3,(H,51,52)/t32-/m0/s1. The molecule has 0 saturated carbocycles. The lowest BCUT2D eigenvalue weighted by Crippen LogP contribution is -2.40. The van der Waals surface area contributed by atoms with Gasteiger partial charge in [0.25, 0.3) is 0 Å². The molecule has 3 aromatic heterocycles. The molecule has 0 bridgehead atoms. The number of fused-ring (bicyclic) bond motifs is 2. The van der Waals surface area contributed by atoms with Crippen molar-refractivity contribution in [3.05, 3.63) is 119 Å². The fraction of sp³-hybridized carbons (Fsp3) is 0.282. The summed E-state index contributed by atoms with van der Waals surface area (Å²) in [6.07, 6.45) is 0.691. The minimum atomic E-state index is -4.57. The largest absolute Gasteiger partial charge is 0.480 e. The normalized spacial score (nSPS) is 13.7. The second-order valence-electron chi connectivity index (χ2n) is 12.9. The summed E-state index contributed by atoms with van der Waals surface area (Å²) in [5, 5.41) is 15.9. The number of carboxylic acids is 1. The first-order chi connectivity index (χ1) is 25.0. The van der Waals surface area contributed by atoms with Crippen molar-refractivity contribution in [3.63, 3.8) is 0 Å². The zero-order chi connectivity index (χ0) is 36.7. The molecule has 4 heterocycles. The number of halogens is 4. The number of rotatable bonds is 10. The molecule has 52 heavy (non-hydrogen) atoms. The third-order valence-electron chi connectivity index (χ3n) is 9.88. The average Bonchev–Trinajstić information content (AvgIpc) is 3.78. The Bertz CT molecular complexity index is 2230. The highest BCUT2D eigenvalue weighted by atomic mass is 19.4. The summed E-state index contributed by atoms with van der Waals surface area (Å²) in [4.78, 5) is 27.3. The number of aromatic amines is 1. The van der Waals surface area contributed by atoms with E-state index in [2.05, 4.69) is 28.8 Å². The number of aryl methyl sites for hydroxylation is 2. The predicted octanol–water partition coefficient (Wildman–Crippen LogP) is 7.79. The number of carbonyl (C=O) groups is 1. The first kappa shape index (κ1) is 34.7. The molecule has 3 aromatic carbocycles. The lowest BCUT2D eigenvalue weighted by Gasteiger charge is -2.29. The lowest BCUT2D eigenvalue weighted by molar-refractivity contribution is -0.139. The van der Waals surface area contributed by atoms with E-state index in [1.54, 1.807) is 29.1 Å². The number of nitrogens with zero attached hydrogens (tertiary/aromatic N) is 6. The molecule has 0 spiro atoms. The highest BCUT2D eigenvalue weighted by Gasteiger charge is 2.34. The minimum absolute atomic E-state index is 0.128. The molecule has 0 fully saturated rings. The summed E-state index contributed by atoms with van der Waals surface area (Å²) in [5.41, 5.74) is 5.96. The quantitative estimate of drug-likeness (QED) is 0.140. The lowest BCUT2D eigenvalue weighted by atomic mass is 9.96. The Labute approximate surface area is 297 Å². The van der Waals surface area contributed by atoms with E-state index in [4.69, 9.17) is 5.10 Å². The minimum Gasteiger partial charge on any atom is -0.480 e. The molecule has 0 unspecified atom stereocenters. The van der Waals surface area contributed by atoms with Crippen molar-refractivity contribution >= 4 is 28.5 Å². The van der Waals surface area contributed by atoms with Crippen LogP contribution in [-0.4, -0.2) is 55.4 Å². The molecule has 1 aliphatic rings. The summed E-state index contributed by atoms with van der Waals surface area (Å²) in [5.74, 6) is -1.49. The van der Waals surface area contributed by atoms with Gasteiger partial charge in [0.1, 0.15) is 11.9 Å². The molecule has 7 rings (SSSR count). The van der Waals surface area contributed by atoms with E-state index in [0.29, 0.717) is 53.7 Å². The monoisotopic (exact) mass is 711 g/mol. The van der Waals surface area contributed by atoms with Crippen molar-refractivity contribution < 1.29 is 27.5 Å². The van der Waals surface area contributed by atoms with E-state index in [0.717, 1.165) is 40.5 Å². The van der Waals surface area contributed by atoms with Crippen LogP contribution in [0.3, 0.4) is 0 Å². The number of H-pyrrole nitrogens is 1. The van der Waals surface area contributed by atoms with Crippen LogP contribution >= 0.6 is 0 Å². The van der Waals surface area contributed by atoms with Gasteiger partial charge in [-0.15, -0.1) is 0 Å². The van der Waals surface area contributed by atoms with Gasteiger partial charge in [0, 0.05) is 74.1 Å². The maximum absolute atomic E-state index is 17.1. The number of hydrogen-bond donors (Lipinski definition) is 2. The molecule has 9 nitrogen and oxygen atoms in total. The number of aromatic nitrogens is 5. The molecule has 0 aliphatic carbocycles. The third kappa shape index (κ3) is 6.24. The van der Waals surface area contributed by atoms with Gasteiger partial charge >= 0.3 is 12.1 Å². The summed E-state index contributed by atoms with van der Waals surface area (Å²) in [7, 11) is 1.65. The van der Waals surface area contributed by atoms with Crippen LogP contribution in [0, 0.1) is 5.82 Å². The Kier molecular flexibility index (Phi) is 9.20. The predicted molar refractivity (Wildman–Crippen MR) is 191 cm³/mol. The number of likely N-dealkylation sites (N-methyl/N-ethyl adjacent to an activating group) is 1. The van der Waals surface area contributed by atoms with Crippen LogP contribution in [0.2, 0.25) is 0 Å². The van der Waals surface area contributed by atoms with Crippen LogP contribution in [0.4, 0.5) is 29.2 Å². The Hall–Kier alpha value is -5.72. The Morgan fingerprint density at radius 3 is 2.35 bits per heavy atom. The van der Waals surface area contributed by atoms with Gasteiger partial charge in [-0.25, -0.2) is 23.8 Å². The molecule has 0 saturated heterocycles. The number of alkyl halides is 3. The summed E-state index contributed by atoms with van der Waals surface area (Å²) < 4.78 is 58.9. The van der Waals surface area contributed by atoms with Crippen molar-refractivity contribution in [1.82, 2.24) is 24.7 Å². The molecule has 0 amide bonds. The van der Waals surface area contributed by atoms with Crippen LogP contribution in [0.5, 0.6) is 0 Å². The molecule has 13 heteroatoms. The number of para-hydroxylation sites is 1. The molecular weight excluding hydrogens is 674 g/mol. The number of anilines is 2. The number of carboxylic acid groups (broad SMARTS) is 1. The van der Waals surface area contributed by atoms with Gasteiger partial charge < -0.3 is 19.9 Å². The maximum Gasteiger partial charge on any atom is 0.419 e. The van der Waals surface area contributed by atoms with Crippen molar-refractivity contribution in [2.45, 2.75) is 58.3 Å². The number of hydrogen-bond acceptors (Lipinski definition) is 6. The molecule has 2 N–H and O–H groups in total. The van der Waals surface area contributed by atoms with E-state index in [1.807, 2.05) is 53.2 Å². The second kappa shape index (κ2) is 13.8. The zero-order valence-electron chi connectivity index (χ0n) is 28.9. The second-order valence-corrected chi connectivity index (χ2v) is 12.9. The maximum atomic E-state index is 17.1. The highest BCUT2D eigenvalue weighted by molar-refractivity contribution is 6.03. The number of nitrogens with one attached hydrogen (secondary N) is 1. The van der Waals surface area contributed by atoms with Gasteiger partial charge in [-0.3, -0.25) is 0 Å². The topological polar surface area (TPSA) is 103 Å². The van der Waals surface area contributed by atoms with Crippen LogP contribution in [0.15, 0.2) is 79.3 Å². The van der Waals surface area contributed by atoms with Gasteiger partial charge in [0.2, 0.25) is 5.95 Å². The van der Waals surface area contributed by atoms with Crippen molar-refractivity contribution in [2.75, 3.05) is 23.4 Å². The summed E-state index contributed by atoms with van der Waals surface area (Å²) in [6.45, 7) is 4.68. The van der Waals surface area contributed by atoms with E-state index in [-0.39, 0.29) is 24.5 Å². The smallest absolute Gasteiger partial charge is 0.419 e. The molecular formula is C39H37F4N7O2. The summed E-state index contributed by atoms with van der Waals surface area (Å²) in [6, 6.07) is 17.5. The Morgan fingerprint density at radius 2 is 1.71 bits per heavy atom. The van der Waals surface area contributed by atoms with Gasteiger partial charge in [0.15, 0.2) is 0 Å². The highest BCUT2D eigenvalue weighted by Crippen LogP contribution is 2.43. The van der Waals surface area contributed by atoms with E-state index >= 15 is 4.39 Å². The van der Waals surface area contributed by atoms with E-state index in [1.165, 1.54) is 6.07 Å². The molecule has 0 radical (unpaired) electrons. The number of aliphatic carboxylic acids is 1. The van der Waals surface area contributed by atoms with Crippen molar-refractivity contribution in [1.29, 1.82) is 0 Å². The van der Waals surface area contributed by atoms with Crippen LogP contribution in [0.1, 0.15) is 47.4 Å². The first-order valence-corrected chi connectivity index (χ1v) is 17.2. The van der Waals surface area contributed by atoms with E-state index < -0.39 is 29.6 Å². The van der Waals surface area contributed by atoms with Crippen molar-refractivity contribution in [3.8, 4) is 16.9 Å². The molecule has 1 atom stereocenters.